The summed E-state index contributed by atoms with van der Waals surface area (Å²) in [6.07, 6.45) is 0. The van der Waals surface area contributed by atoms with Crippen LogP contribution < -0.4 is 10.6 Å². The first-order chi connectivity index (χ1) is 14.0. The molecule has 0 bridgehead atoms. The summed E-state index contributed by atoms with van der Waals surface area (Å²) in [5, 5.41) is 12.6. The summed E-state index contributed by atoms with van der Waals surface area (Å²) >= 11 is 0. The van der Waals surface area contributed by atoms with Crippen LogP contribution in [0.2, 0.25) is 0 Å². The van der Waals surface area contributed by atoms with Crippen LogP contribution in [0.1, 0.15) is 27.8 Å². The maximum Gasteiger partial charge on any atom is 0.338 e. The van der Waals surface area contributed by atoms with Gasteiger partial charge in [0.05, 0.1) is 12.2 Å². The molecule has 1 aromatic heterocycles. The van der Waals surface area contributed by atoms with Gasteiger partial charge in [-0.1, -0.05) is 6.07 Å². The molecule has 0 atom stereocenters. The van der Waals surface area contributed by atoms with Crippen LogP contribution in [0.5, 0.6) is 0 Å². The Morgan fingerprint density at radius 1 is 0.966 bits per heavy atom. The molecule has 1 amide bonds. The molecule has 3 aromatic rings. The topological polar surface area (TPSA) is 93.2 Å². The average Bonchev–Trinajstić information content (AvgIpc) is 2.72. The monoisotopic (exact) mass is 398 g/mol. The van der Waals surface area contributed by atoms with Crippen LogP contribution in [0.4, 0.5) is 26.0 Å². The molecule has 0 aliphatic rings. The highest BCUT2D eigenvalue weighted by atomic mass is 19.1. The third-order valence-corrected chi connectivity index (χ3v) is 3.77. The number of benzene rings is 2. The minimum atomic E-state index is -0.778. The predicted octanol–water partition coefficient (Wildman–Crippen LogP) is 3.93. The van der Waals surface area contributed by atoms with E-state index in [0.717, 1.165) is 12.1 Å². The molecule has 2 N–H and O–H groups in total. The Balaban J connectivity index is 1.65. The number of nitrogens with zero attached hydrogens (tertiary/aromatic N) is 2. The number of aromatic nitrogens is 2. The fraction of sp³-hybridized carbons (Fsp3) is 0.100. The molecule has 29 heavy (non-hydrogen) atoms. The van der Waals surface area contributed by atoms with Crippen LogP contribution in [0, 0.1) is 11.6 Å². The number of hydrogen-bond donors (Lipinski definition) is 2. The van der Waals surface area contributed by atoms with Gasteiger partial charge in [-0.15, -0.1) is 10.2 Å². The lowest BCUT2D eigenvalue weighted by Gasteiger charge is -2.08. The third-order valence-electron chi connectivity index (χ3n) is 3.77. The molecule has 0 fully saturated rings. The van der Waals surface area contributed by atoms with Crippen molar-refractivity contribution in [1.29, 1.82) is 0 Å². The van der Waals surface area contributed by atoms with Gasteiger partial charge in [-0.3, -0.25) is 4.79 Å². The molecule has 0 saturated heterocycles. The fourth-order valence-electron chi connectivity index (χ4n) is 2.36. The van der Waals surface area contributed by atoms with E-state index in [1.807, 2.05) is 0 Å². The van der Waals surface area contributed by atoms with Crippen molar-refractivity contribution in [2.75, 3.05) is 17.2 Å². The largest absolute Gasteiger partial charge is 0.462 e. The smallest absolute Gasteiger partial charge is 0.338 e. The van der Waals surface area contributed by atoms with E-state index < -0.39 is 23.5 Å². The summed E-state index contributed by atoms with van der Waals surface area (Å²) in [5.41, 5.74) is 0.445. The maximum atomic E-state index is 13.7. The molecule has 7 nitrogen and oxygen atoms in total. The van der Waals surface area contributed by atoms with Crippen LogP contribution >= 0.6 is 0 Å². The Labute approximate surface area is 164 Å². The zero-order valence-electron chi connectivity index (χ0n) is 15.3. The molecule has 2 aromatic carbocycles. The number of hydrogen-bond acceptors (Lipinski definition) is 6. The van der Waals surface area contributed by atoms with Crippen LogP contribution in [0.3, 0.4) is 0 Å². The number of para-hydroxylation sites is 1. The number of carbonyl (C=O) groups excluding carboxylic acids is 2. The van der Waals surface area contributed by atoms with E-state index in [4.69, 9.17) is 4.74 Å². The molecule has 0 unspecified atom stereocenters. The van der Waals surface area contributed by atoms with Crippen LogP contribution in [-0.4, -0.2) is 28.7 Å². The van der Waals surface area contributed by atoms with Crippen molar-refractivity contribution >= 4 is 29.1 Å². The summed E-state index contributed by atoms with van der Waals surface area (Å²) in [6.45, 7) is 1.98. The number of anilines is 3. The second kappa shape index (κ2) is 8.87. The quantitative estimate of drug-likeness (QED) is 0.611. The molecule has 0 aliphatic heterocycles. The summed E-state index contributed by atoms with van der Waals surface area (Å²) in [6, 6.07) is 12.3. The fourth-order valence-corrected chi connectivity index (χ4v) is 2.36. The molecular weight excluding hydrogens is 382 g/mol. The molecular formula is C20H16F2N4O3. The first-order valence-electron chi connectivity index (χ1n) is 8.61. The van der Waals surface area contributed by atoms with E-state index in [9.17, 15) is 18.4 Å². The van der Waals surface area contributed by atoms with E-state index in [1.54, 1.807) is 19.1 Å². The van der Waals surface area contributed by atoms with Crippen molar-refractivity contribution < 1.29 is 23.1 Å². The number of carbonyl (C=O) groups is 2. The molecule has 9 heteroatoms. The van der Waals surface area contributed by atoms with E-state index in [2.05, 4.69) is 20.8 Å². The van der Waals surface area contributed by atoms with Gasteiger partial charge in [-0.25, -0.2) is 13.6 Å². The minimum Gasteiger partial charge on any atom is -0.462 e. The SMILES string of the molecule is CCOC(=O)c1ccc(NC(=O)c2ccc(Nc3c(F)cccc3F)nn2)cc1. The molecule has 0 spiro atoms. The second-order valence-corrected chi connectivity index (χ2v) is 5.78. The van der Waals surface area contributed by atoms with Crippen molar-refractivity contribution in [3.8, 4) is 0 Å². The Kier molecular flexibility index (Phi) is 6.08. The minimum absolute atomic E-state index is 0.000903. The van der Waals surface area contributed by atoms with Gasteiger partial charge in [-0.05, 0) is 55.5 Å². The van der Waals surface area contributed by atoms with Crippen molar-refractivity contribution in [2.24, 2.45) is 0 Å². The summed E-state index contributed by atoms with van der Waals surface area (Å²) in [5.74, 6) is -2.47. The van der Waals surface area contributed by atoms with Crippen molar-refractivity contribution in [2.45, 2.75) is 6.92 Å². The van der Waals surface area contributed by atoms with E-state index in [1.165, 1.54) is 30.3 Å². The van der Waals surface area contributed by atoms with E-state index in [-0.39, 0.29) is 23.8 Å². The van der Waals surface area contributed by atoms with Crippen LogP contribution in [0.25, 0.3) is 0 Å². The maximum absolute atomic E-state index is 13.7. The molecule has 0 radical (unpaired) electrons. The van der Waals surface area contributed by atoms with Gasteiger partial charge < -0.3 is 15.4 Å². The van der Waals surface area contributed by atoms with Crippen molar-refractivity contribution in [3.63, 3.8) is 0 Å². The van der Waals surface area contributed by atoms with Crippen LogP contribution in [0.15, 0.2) is 54.6 Å². The normalized spacial score (nSPS) is 10.3. The lowest BCUT2D eigenvalue weighted by atomic mass is 10.2. The van der Waals surface area contributed by atoms with E-state index in [0.29, 0.717) is 11.3 Å². The third kappa shape index (κ3) is 4.89. The second-order valence-electron chi connectivity index (χ2n) is 5.78. The Morgan fingerprint density at radius 3 is 2.24 bits per heavy atom. The number of amides is 1. The van der Waals surface area contributed by atoms with Crippen molar-refractivity contribution in [1.82, 2.24) is 10.2 Å². The van der Waals surface area contributed by atoms with Crippen LogP contribution in [-0.2, 0) is 4.74 Å². The van der Waals surface area contributed by atoms with Gasteiger partial charge in [0, 0.05) is 5.69 Å². The number of nitrogens with one attached hydrogen (secondary N) is 2. The zero-order chi connectivity index (χ0) is 20.8. The van der Waals surface area contributed by atoms with Gasteiger partial charge >= 0.3 is 5.97 Å². The first-order valence-corrected chi connectivity index (χ1v) is 8.61. The summed E-state index contributed by atoms with van der Waals surface area (Å²) in [4.78, 5) is 23.9. The van der Waals surface area contributed by atoms with E-state index >= 15 is 0 Å². The Hall–Kier alpha value is -3.88. The summed E-state index contributed by atoms with van der Waals surface area (Å²) in [7, 11) is 0. The standard InChI is InChI=1S/C20H16F2N4O3/c1-2-29-20(28)12-6-8-13(9-7-12)23-19(27)16-10-11-17(26-25-16)24-18-14(21)4-3-5-15(18)22/h3-11H,2H2,1H3,(H,23,27)(H,24,26). The lowest BCUT2D eigenvalue weighted by molar-refractivity contribution is 0.0526. The van der Waals surface area contributed by atoms with Gasteiger partial charge in [-0.2, -0.15) is 0 Å². The highest BCUT2D eigenvalue weighted by molar-refractivity contribution is 6.03. The number of ether oxygens (including phenoxy) is 1. The number of rotatable bonds is 6. The highest BCUT2D eigenvalue weighted by Gasteiger charge is 2.12. The van der Waals surface area contributed by atoms with Gasteiger partial charge in [0.25, 0.3) is 5.91 Å². The van der Waals surface area contributed by atoms with Gasteiger partial charge in [0.1, 0.15) is 17.3 Å². The number of esters is 1. The average molecular weight is 398 g/mol. The van der Waals surface area contributed by atoms with Gasteiger partial charge in [0.2, 0.25) is 0 Å². The zero-order valence-corrected chi connectivity index (χ0v) is 15.3. The molecule has 148 valence electrons. The molecule has 1 heterocycles. The number of halogens is 2. The lowest BCUT2D eigenvalue weighted by Crippen LogP contribution is -2.15. The molecule has 0 saturated carbocycles. The van der Waals surface area contributed by atoms with Crippen molar-refractivity contribution in [3.05, 3.63) is 77.5 Å². The Bertz CT molecular complexity index is 1000. The molecule has 3 rings (SSSR count). The summed E-state index contributed by atoms with van der Waals surface area (Å²) < 4.78 is 32.2. The van der Waals surface area contributed by atoms with Gasteiger partial charge in [0.15, 0.2) is 11.5 Å². The first kappa shape index (κ1) is 19.9. The molecule has 0 aliphatic carbocycles. The predicted molar refractivity (Wildman–Crippen MR) is 102 cm³/mol. The Morgan fingerprint density at radius 2 is 1.66 bits per heavy atom. The highest BCUT2D eigenvalue weighted by Crippen LogP contribution is 2.21.